The lowest BCUT2D eigenvalue weighted by Gasteiger charge is -2.27. The van der Waals surface area contributed by atoms with E-state index in [1.165, 1.54) is 16.7 Å². The fraction of sp³-hybridized carbons (Fsp3) is 0.625. The zero-order valence-electron chi connectivity index (χ0n) is 12.3. The van der Waals surface area contributed by atoms with Crippen LogP contribution in [0.5, 0.6) is 0 Å². The lowest BCUT2D eigenvalue weighted by molar-refractivity contribution is 0.189. The van der Waals surface area contributed by atoms with E-state index in [1.807, 2.05) is 7.05 Å². The molecule has 1 aromatic carbocycles. The summed E-state index contributed by atoms with van der Waals surface area (Å²) >= 11 is 0. The van der Waals surface area contributed by atoms with Crippen LogP contribution in [0.25, 0.3) is 0 Å². The Balaban J connectivity index is 3.15. The number of rotatable bonds is 6. The van der Waals surface area contributed by atoms with E-state index >= 15 is 0 Å². The molecule has 2 N–H and O–H groups in total. The monoisotopic (exact) mass is 249 g/mol. The summed E-state index contributed by atoms with van der Waals surface area (Å²) in [5.41, 5.74) is 3.99. The minimum atomic E-state index is 0.230. The van der Waals surface area contributed by atoms with E-state index < -0.39 is 0 Å². The van der Waals surface area contributed by atoms with Gasteiger partial charge in [-0.05, 0) is 43.0 Å². The Morgan fingerprint density at radius 1 is 1.28 bits per heavy atom. The van der Waals surface area contributed by atoms with E-state index in [0.29, 0.717) is 5.92 Å². The number of nitrogens with one attached hydrogen (secondary N) is 1. The molecule has 1 rings (SSSR count). The Labute approximate surface area is 111 Å². The maximum atomic E-state index is 9.52. The second kappa shape index (κ2) is 6.91. The normalized spacial score (nSPS) is 14.8. The first kappa shape index (κ1) is 15.2. The quantitative estimate of drug-likeness (QED) is 0.810. The predicted octanol–water partition coefficient (Wildman–Crippen LogP) is 3.40. The summed E-state index contributed by atoms with van der Waals surface area (Å²) in [5.74, 6) is 0.812. The number of benzene rings is 1. The summed E-state index contributed by atoms with van der Waals surface area (Å²) in [4.78, 5) is 0. The third-order valence-corrected chi connectivity index (χ3v) is 3.85. The molecule has 18 heavy (non-hydrogen) atoms. The average molecular weight is 249 g/mol. The van der Waals surface area contributed by atoms with Gasteiger partial charge in [0.15, 0.2) is 0 Å². The summed E-state index contributed by atoms with van der Waals surface area (Å²) in [7, 11) is 1.98. The molecule has 0 fully saturated rings. The molecule has 102 valence electrons. The van der Waals surface area contributed by atoms with Crippen molar-refractivity contribution in [2.75, 3.05) is 13.7 Å². The number of aliphatic hydroxyl groups is 1. The van der Waals surface area contributed by atoms with Crippen LogP contribution in [0.4, 0.5) is 0 Å². The van der Waals surface area contributed by atoms with E-state index in [-0.39, 0.29) is 18.6 Å². The van der Waals surface area contributed by atoms with Gasteiger partial charge in [-0.2, -0.15) is 0 Å². The molecule has 0 aliphatic carbocycles. The molecule has 2 atom stereocenters. The van der Waals surface area contributed by atoms with Crippen LogP contribution in [0.2, 0.25) is 0 Å². The molecule has 0 saturated heterocycles. The summed E-state index contributed by atoms with van der Waals surface area (Å²) in [6, 6.07) is 6.92. The van der Waals surface area contributed by atoms with Gasteiger partial charge in [-0.1, -0.05) is 39.0 Å². The van der Waals surface area contributed by atoms with Gasteiger partial charge >= 0.3 is 0 Å². The van der Waals surface area contributed by atoms with Crippen molar-refractivity contribution in [2.24, 2.45) is 5.92 Å². The molecule has 0 amide bonds. The molecule has 2 unspecified atom stereocenters. The fourth-order valence-corrected chi connectivity index (χ4v) is 2.47. The minimum Gasteiger partial charge on any atom is -0.396 e. The van der Waals surface area contributed by atoms with Crippen LogP contribution >= 0.6 is 0 Å². The van der Waals surface area contributed by atoms with Gasteiger partial charge in [0.05, 0.1) is 0 Å². The Morgan fingerprint density at radius 3 is 2.39 bits per heavy atom. The highest BCUT2D eigenvalue weighted by atomic mass is 16.3. The SMILES string of the molecule is CCC(CO)C(NC)c1cc(C(C)C)ccc1C. The van der Waals surface area contributed by atoms with E-state index in [2.05, 4.69) is 51.2 Å². The molecule has 0 bridgehead atoms. The van der Waals surface area contributed by atoms with Crippen molar-refractivity contribution in [3.05, 3.63) is 34.9 Å². The Morgan fingerprint density at radius 2 is 1.94 bits per heavy atom. The smallest absolute Gasteiger partial charge is 0.0477 e. The molecule has 2 heteroatoms. The summed E-state index contributed by atoms with van der Waals surface area (Å²) in [6.07, 6.45) is 0.980. The van der Waals surface area contributed by atoms with Gasteiger partial charge in [-0.15, -0.1) is 0 Å². The molecule has 0 spiro atoms. The van der Waals surface area contributed by atoms with Crippen LogP contribution in [-0.2, 0) is 0 Å². The van der Waals surface area contributed by atoms with Gasteiger partial charge in [-0.25, -0.2) is 0 Å². The number of aliphatic hydroxyl groups excluding tert-OH is 1. The first-order valence-electron chi connectivity index (χ1n) is 6.93. The topological polar surface area (TPSA) is 32.3 Å². The van der Waals surface area contributed by atoms with Crippen molar-refractivity contribution in [3.8, 4) is 0 Å². The molecule has 0 saturated carbocycles. The number of aryl methyl sites for hydroxylation is 1. The molecular weight excluding hydrogens is 222 g/mol. The Bertz CT molecular complexity index is 369. The van der Waals surface area contributed by atoms with Crippen LogP contribution in [-0.4, -0.2) is 18.8 Å². The third-order valence-electron chi connectivity index (χ3n) is 3.85. The standard InChI is InChI=1S/C16H27NO/c1-6-13(10-18)16(17-5)15-9-14(11(2)3)8-7-12(15)4/h7-9,11,13,16-18H,6,10H2,1-5H3. The zero-order valence-corrected chi connectivity index (χ0v) is 12.3. The molecule has 0 aliphatic rings. The highest BCUT2D eigenvalue weighted by Gasteiger charge is 2.21. The average Bonchev–Trinajstić information content (AvgIpc) is 2.36. The van der Waals surface area contributed by atoms with E-state index in [0.717, 1.165) is 6.42 Å². The third kappa shape index (κ3) is 3.33. The zero-order chi connectivity index (χ0) is 13.7. The molecule has 0 radical (unpaired) electrons. The summed E-state index contributed by atoms with van der Waals surface area (Å²) in [6.45, 7) is 8.94. The van der Waals surface area contributed by atoms with Crippen LogP contribution in [0.15, 0.2) is 18.2 Å². The Hall–Kier alpha value is -0.860. The maximum Gasteiger partial charge on any atom is 0.0477 e. The van der Waals surface area contributed by atoms with Crippen LogP contribution < -0.4 is 5.32 Å². The van der Waals surface area contributed by atoms with Crippen molar-refractivity contribution in [3.63, 3.8) is 0 Å². The molecule has 0 heterocycles. The second-order valence-corrected chi connectivity index (χ2v) is 5.39. The first-order chi connectivity index (χ1) is 8.54. The number of hydrogen-bond donors (Lipinski definition) is 2. The van der Waals surface area contributed by atoms with Crippen molar-refractivity contribution >= 4 is 0 Å². The van der Waals surface area contributed by atoms with E-state index in [9.17, 15) is 5.11 Å². The molecule has 1 aromatic rings. The van der Waals surface area contributed by atoms with E-state index in [1.54, 1.807) is 0 Å². The largest absolute Gasteiger partial charge is 0.396 e. The summed E-state index contributed by atoms with van der Waals surface area (Å²) < 4.78 is 0. The van der Waals surface area contributed by atoms with Gasteiger partial charge in [-0.3, -0.25) is 0 Å². The summed E-state index contributed by atoms with van der Waals surface area (Å²) in [5, 5.41) is 12.9. The fourth-order valence-electron chi connectivity index (χ4n) is 2.47. The van der Waals surface area contributed by atoms with Gasteiger partial charge in [0.1, 0.15) is 0 Å². The van der Waals surface area contributed by atoms with Gasteiger partial charge < -0.3 is 10.4 Å². The van der Waals surface area contributed by atoms with Crippen LogP contribution in [0.3, 0.4) is 0 Å². The molecule has 0 aromatic heterocycles. The second-order valence-electron chi connectivity index (χ2n) is 5.39. The van der Waals surface area contributed by atoms with Crippen molar-refractivity contribution in [1.82, 2.24) is 5.32 Å². The highest BCUT2D eigenvalue weighted by molar-refractivity contribution is 5.35. The first-order valence-corrected chi connectivity index (χ1v) is 6.93. The molecular formula is C16H27NO. The lowest BCUT2D eigenvalue weighted by Crippen LogP contribution is -2.28. The molecule has 0 aliphatic heterocycles. The number of hydrogen-bond acceptors (Lipinski definition) is 2. The van der Waals surface area contributed by atoms with Gasteiger partial charge in [0.25, 0.3) is 0 Å². The van der Waals surface area contributed by atoms with Crippen LogP contribution in [0, 0.1) is 12.8 Å². The molecule has 2 nitrogen and oxygen atoms in total. The van der Waals surface area contributed by atoms with Crippen molar-refractivity contribution in [1.29, 1.82) is 0 Å². The van der Waals surface area contributed by atoms with Gasteiger partial charge in [0.2, 0.25) is 0 Å². The van der Waals surface area contributed by atoms with Crippen LogP contribution in [0.1, 0.15) is 55.8 Å². The van der Waals surface area contributed by atoms with Crippen molar-refractivity contribution in [2.45, 2.75) is 46.1 Å². The van der Waals surface area contributed by atoms with Crippen molar-refractivity contribution < 1.29 is 5.11 Å². The van der Waals surface area contributed by atoms with E-state index in [4.69, 9.17) is 0 Å². The lowest BCUT2D eigenvalue weighted by atomic mass is 9.87. The Kier molecular flexibility index (Phi) is 5.83. The predicted molar refractivity (Wildman–Crippen MR) is 77.9 cm³/mol. The highest BCUT2D eigenvalue weighted by Crippen LogP contribution is 2.29. The van der Waals surface area contributed by atoms with Gasteiger partial charge in [0, 0.05) is 18.6 Å². The minimum absolute atomic E-state index is 0.230. The maximum absolute atomic E-state index is 9.52.